The normalized spacial score (nSPS) is 14.0. The molecule has 0 bridgehead atoms. The number of rotatable bonds is 8. The lowest BCUT2D eigenvalue weighted by molar-refractivity contribution is 0.714. The molecule has 11 aromatic carbocycles. The van der Waals surface area contributed by atoms with E-state index in [1.807, 2.05) is 11.3 Å². The van der Waals surface area contributed by atoms with Crippen LogP contribution in [0.25, 0.3) is 86.6 Å². The van der Waals surface area contributed by atoms with Gasteiger partial charge in [-0.25, -0.2) is 0 Å². The Balaban J connectivity index is 0.871. The standard InChI is InChI=1S/C66H45NS/c1-66(51-18-3-2-4-19-51)62-26-9-7-21-58(62)59-41-34-49(43-63(59)66)45-30-37-53(38-31-45)67(54-39-32-47(33-40-54)56-23-12-15-46-14-5-6-20-55(46)56)52-35-28-44(29-36-52)48-16-11-17-50(42-48)57-24-13-25-61-60-22-8-10-27-64(60)68-65(57)61/h2-43H,1H3. The first kappa shape index (κ1) is 40.0. The van der Waals surface area contributed by atoms with Crippen LogP contribution in [0.5, 0.6) is 0 Å². The van der Waals surface area contributed by atoms with E-state index in [1.54, 1.807) is 0 Å². The summed E-state index contributed by atoms with van der Waals surface area (Å²) < 4.78 is 2.66. The highest BCUT2D eigenvalue weighted by molar-refractivity contribution is 7.26. The first-order chi connectivity index (χ1) is 33.6. The van der Waals surface area contributed by atoms with Gasteiger partial charge in [0.2, 0.25) is 0 Å². The molecule has 0 radical (unpaired) electrons. The average molecular weight is 884 g/mol. The monoisotopic (exact) mass is 883 g/mol. The lowest BCUT2D eigenvalue weighted by atomic mass is 9.74. The Kier molecular flexibility index (Phi) is 9.56. The van der Waals surface area contributed by atoms with Crippen LogP contribution in [-0.4, -0.2) is 0 Å². The van der Waals surface area contributed by atoms with Crippen molar-refractivity contribution in [3.05, 3.63) is 271 Å². The third kappa shape index (κ3) is 6.60. The van der Waals surface area contributed by atoms with E-state index in [9.17, 15) is 0 Å². The summed E-state index contributed by atoms with van der Waals surface area (Å²) in [6, 6.07) is 93.9. The third-order valence-corrected chi connectivity index (χ3v) is 15.6. The summed E-state index contributed by atoms with van der Waals surface area (Å²) in [6.45, 7) is 2.39. The maximum atomic E-state index is 2.43. The zero-order valence-electron chi connectivity index (χ0n) is 37.6. The van der Waals surface area contributed by atoms with Gasteiger partial charge in [-0.15, -0.1) is 11.3 Å². The second-order valence-corrected chi connectivity index (χ2v) is 19.2. The van der Waals surface area contributed by atoms with E-state index in [4.69, 9.17) is 0 Å². The molecule has 2 heteroatoms. The summed E-state index contributed by atoms with van der Waals surface area (Å²) in [5.41, 5.74) is 19.4. The SMILES string of the molecule is CC1(c2ccccc2)c2ccccc2-c2ccc(-c3ccc(N(c4ccc(-c5cccc(-c6cccc7c6sc6ccccc67)c5)cc4)c4ccc(-c5cccc6ccccc56)cc4)cc3)cc21. The second-order valence-electron chi connectivity index (χ2n) is 18.2. The number of benzene rings is 11. The van der Waals surface area contributed by atoms with Crippen LogP contribution in [0.2, 0.25) is 0 Å². The highest BCUT2D eigenvalue weighted by Crippen LogP contribution is 2.53. The van der Waals surface area contributed by atoms with Gasteiger partial charge in [-0.2, -0.15) is 0 Å². The Morgan fingerprint density at radius 3 is 1.60 bits per heavy atom. The van der Waals surface area contributed by atoms with Crippen molar-refractivity contribution in [2.75, 3.05) is 4.90 Å². The lowest BCUT2D eigenvalue weighted by Gasteiger charge is -2.28. The molecule has 1 heterocycles. The number of anilines is 3. The van der Waals surface area contributed by atoms with E-state index in [-0.39, 0.29) is 5.41 Å². The molecule has 1 aliphatic carbocycles. The highest BCUT2D eigenvalue weighted by atomic mass is 32.1. The van der Waals surface area contributed by atoms with E-state index in [2.05, 4.69) is 267 Å². The maximum absolute atomic E-state index is 2.43. The van der Waals surface area contributed by atoms with Gasteiger partial charge in [-0.05, 0) is 145 Å². The number of hydrogen-bond acceptors (Lipinski definition) is 2. The number of nitrogens with zero attached hydrogens (tertiary/aromatic N) is 1. The second kappa shape index (κ2) is 16.2. The molecule has 0 fully saturated rings. The van der Waals surface area contributed by atoms with E-state index >= 15 is 0 Å². The average Bonchev–Trinajstić information content (AvgIpc) is 3.92. The van der Waals surface area contributed by atoms with Gasteiger partial charge in [-0.3, -0.25) is 0 Å². The molecule has 0 amide bonds. The molecule has 13 rings (SSSR count). The first-order valence-corrected chi connectivity index (χ1v) is 24.3. The lowest BCUT2D eigenvalue weighted by Crippen LogP contribution is -2.22. The summed E-state index contributed by atoms with van der Waals surface area (Å²) in [4.78, 5) is 2.38. The summed E-state index contributed by atoms with van der Waals surface area (Å²) in [6.07, 6.45) is 0. The molecule has 1 unspecified atom stereocenters. The van der Waals surface area contributed by atoms with Crippen molar-refractivity contribution >= 4 is 59.3 Å². The molecule has 1 aromatic heterocycles. The number of hydrogen-bond donors (Lipinski definition) is 0. The van der Waals surface area contributed by atoms with Gasteiger partial charge in [0.1, 0.15) is 0 Å². The zero-order chi connectivity index (χ0) is 45.2. The topological polar surface area (TPSA) is 3.24 Å². The van der Waals surface area contributed by atoms with Gasteiger partial charge in [0.05, 0.1) is 0 Å². The van der Waals surface area contributed by atoms with Crippen molar-refractivity contribution in [3.8, 4) is 55.6 Å². The van der Waals surface area contributed by atoms with Gasteiger partial charge in [0, 0.05) is 42.6 Å². The Morgan fingerprint density at radius 1 is 0.324 bits per heavy atom. The van der Waals surface area contributed by atoms with Gasteiger partial charge in [0.15, 0.2) is 0 Å². The summed E-state index contributed by atoms with van der Waals surface area (Å²) in [7, 11) is 0. The number of thiophene rings is 1. The Bertz CT molecular complexity index is 3840. The van der Waals surface area contributed by atoms with E-state index < -0.39 is 0 Å². The summed E-state index contributed by atoms with van der Waals surface area (Å²) >= 11 is 1.88. The third-order valence-electron chi connectivity index (χ3n) is 14.4. The van der Waals surface area contributed by atoms with Crippen LogP contribution in [-0.2, 0) is 5.41 Å². The molecule has 0 aliphatic heterocycles. The van der Waals surface area contributed by atoms with Crippen LogP contribution in [0.3, 0.4) is 0 Å². The molecular formula is C66H45NS. The molecule has 0 N–H and O–H groups in total. The molecule has 320 valence electrons. The smallest absolute Gasteiger partial charge is 0.0462 e. The maximum Gasteiger partial charge on any atom is 0.0462 e. The fourth-order valence-corrected chi connectivity index (χ4v) is 12.2. The quantitative estimate of drug-likeness (QED) is 0.147. The van der Waals surface area contributed by atoms with Crippen LogP contribution in [0.1, 0.15) is 23.6 Å². The minimum absolute atomic E-state index is 0.251. The molecule has 1 atom stereocenters. The van der Waals surface area contributed by atoms with Crippen molar-refractivity contribution in [1.29, 1.82) is 0 Å². The molecule has 68 heavy (non-hydrogen) atoms. The molecular weight excluding hydrogens is 839 g/mol. The van der Waals surface area contributed by atoms with E-state index in [1.165, 1.54) is 103 Å². The molecule has 1 nitrogen and oxygen atoms in total. The Hall–Kier alpha value is -8.30. The Labute approximate surface area is 401 Å². The summed E-state index contributed by atoms with van der Waals surface area (Å²) in [5.74, 6) is 0. The number of fused-ring (bicyclic) bond motifs is 7. The zero-order valence-corrected chi connectivity index (χ0v) is 38.4. The van der Waals surface area contributed by atoms with Gasteiger partial charge < -0.3 is 4.90 Å². The summed E-state index contributed by atoms with van der Waals surface area (Å²) in [5, 5.41) is 5.15. The van der Waals surface area contributed by atoms with Crippen LogP contribution >= 0.6 is 11.3 Å². The van der Waals surface area contributed by atoms with Crippen LogP contribution in [0.4, 0.5) is 17.1 Å². The van der Waals surface area contributed by atoms with Crippen molar-refractivity contribution in [2.45, 2.75) is 12.3 Å². The van der Waals surface area contributed by atoms with Crippen molar-refractivity contribution in [2.24, 2.45) is 0 Å². The van der Waals surface area contributed by atoms with Gasteiger partial charge in [0.25, 0.3) is 0 Å². The first-order valence-electron chi connectivity index (χ1n) is 23.5. The van der Waals surface area contributed by atoms with Gasteiger partial charge in [-0.1, -0.05) is 200 Å². The fraction of sp³-hybridized carbons (Fsp3) is 0.0303. The van der Waals surface area contributed by atoms with Crippen LogP contribution in [0, 0.1) is 0 Å². The predicted molar refractivity (Wildman–Crippen MR) is 291 cm³/mol. The minimum Gasteiger partial charge on any atom is -0.311 e. The van der Waals surface area contributed by atoms with E-state index in [0.717, 1.165) is 17.1 Å². The van der Waals surface area contributed by atoms with Crippen molar-refractivity contribution < 1.29 is 0 Å². The van der Waals surface area contributed by atoms with Gasteiger partial charge >= 0.3 is 0 Å². The molecule has 12 aromatic rings. The molecule has 0 spiro atoms. The molecule has 0 saturated carbocycles. The molecule has 0 saturated heterocycles. The van der Waals surface area contributed by atoms with E-state index in [0.29, 0.717) is 0 Å². The highest BCUT2D eigenvalue weighted by Gasteiger charge is 2.40. The van der Waals surface area contributed by atoms with Crippen molar-refractivity contribution in [1.82, 2.24) is 0 Å². The predicted octanol–water partition coefficient (Wildman–Crippen LogP) is 18.7. The fourth-order valence-electron chi connectivity index (χ4n) is 10.9. The minimum atomic E-state index is -0.251. The van der Waals surface area contributed by atoms with Crippen LogP contribution < -0.4 is 4.90 Å². The molecule has 1 aliphatic rings. The Morgan fingerprint density at radius 2 is 0.838 bits per heavy atom. The van der Waals surface area contributed by atoms with Crippen LogP contribution in [0.15, 0.2) is 255 Å². The van der Waals surface area contributed by atoms with Crippen molar-refractivity contribution in [3.63, 3.8) is 0 Å². The largest absolute Gasteiger partial charge is 0.311 e.